The Bertz CT molecular complexity index is 350. The van der Waals surface area contributed by atoms with Gasteiger partial charge in [-0.1, -0.05) is 5.92 Å². The fourth-order valence-electron chi connectivity index (χ4n) is 0.879. The minimum Gasteiger partial charge on any atom is -0.192 e. The number of aryl methyl sites for hydroxylation is 1. The Hall–Kier alpha value is -1.73. The molecule has 0 heterocycles. The first-order chi connectivity index (χ1) is 5.27. The van der Waals surface area contributed by atoms with Crippen molar-refractivity contribution in [1.29, 1.82) is 5.26 Å². The van der Waals surface area contributed by atoms with Gasteiger partial charge in [-0.3, -0.25) is 0 Å². The molecule has 0 bridgehead atoms. The predicted octanol–water partition coefficient (Wildman–Crippen LogP) is 1.85. The first-order valence-corrected chi connectivity index (χ1v) is 3.25. The van der Waals surface area contributed by atoms with Crippen molar-refractivity contribution in [2.24, 2.45) is 0 Å². The number of hydrogen-bond acceptors (Lipinski definition) is 1. The molecule has 0 radical (unpaired) electrons. The van der Waals surface area contributed by atoms with Crippen LogP contribution in [0.2, 0.25) is 0 Å². The van der Waals surface area contributed by atoms with E-state index in [-0.39, 0.29) is 0 Å². The molecule has 0 aliphatic carbocycles. The molecule has 0 spiro atoms. The van der Waals surface area contributed by atoms with Gasteiger partial charge >= 0.3 is 0 Å². The first kappa shape index (κ1) is 7.38. The van der Waals surface area contributed by atoms with Gasteiger partial charge in [-0.05, 0) is 30.7 Å². The van der Waals surface area contributed by atoms with Crippen LogP contribution >= 0.6 is 0 Å². The highest BCUT2D eigenvalue weighted by Gasteiger charge is 1.95. The fourth-order valence-corrected chi connectivity index (χ4v) is 0.879. The predicted molar refractivity (Wildman–Crippen MR) is 43.8 cm³/mol. The summed E-state index contributed by atoms with van der Waals surface area (Å²) in [5.74, 6) is 2.51. The molecule has 11 heavy (non-hydrogen) atoms. The summed E-state index contributed by atoms with van der Waals surface area (Å²) >= 11 is 0. The van der Waals surface area contributed by atoms with Gasteiger partial charge in [0.05, 0.1) is 11.6 Å². The topological polar surface area (TPSA) is 23.8 Å². The maximum atomic E-state index is 8.58. The van der Waals surface area contributed by atoms with E-state index in [0.717, 1.165) is 11.1 Å². The van der Waals surface area contributed by atoms with Crippen LogP contribution in [0.3, 0.4) is 0 Å². The molecule has 52 valence electrons. The molecule has 1 heteroatoms. The number of nitrogens with zero attached hydrogens (tertiary/aromatic N) is 1. The third kappa shape index (κ3) is 1.39. The number of terminal acetylenes is 1. The van der Waals surface area contributed by atoms with E-state index in [1.54, 1.807) is 12.1 Å². The lowest BCUT2D eigenvalue weighted by molar-refractivity contribution is 1.38. The van der Waals surface area contributed by atoms with Gasteiger partial charge in [-0.25, -0.2) is 0 Å². The van der Waals surface area contributed by atoms with Crippen molar-refractivity contribution in [3.63, 3.8) is 0 Å². The van der Waals surface area contributed by atoms with Gasteiger partial charge in [0, 0.05) is 5.56 Å². The second-order valence-corrected chi connectivity index (χ2v) is 2.29. The molecule has 0 atom stereocenters. The summed E-state index contributed by atoms with van der Waals surface area (Å²) in [5, 5.41) is 8.58. The molecule has 0 fully saturated rings. The minimum atomic E-state index is 0.684. The normalized spacial score (nSPS) is 8.27. The van der Waals surface area contributed by atoms with Crippen molar-refractivity contribution < 1.29 is 0 Å². The summed E-state index contributed by atoms with van der Waals surface area (Å²) in [6, 6.07) is 7.42. The zero-order valence-electron chi connectivity index (χ0n) is 6.26. The molecule has 1 nitrogen and oxygen atoms in total. The first-order valence-electron chi connectivity index (χ1n) is 3.25. The van der Waals surface area contributed by atoms with E-state index < -0.39 is 0 Å². The standard InChI is InChI=1S/C10H7N/c1-3-9-4-5-10(7-11)8(2)6-9/h1,4-6H,2H3. The van der Waals surface area contributed by atoms with E-state index in [9.17, 15) is 0 Å². The molecule has 0 aromatic heterocycles. The van der Waals surface area contributed by atoms with E-state index in [2.05, 4.69) is 12.0 Å². The highest BCUT2D eigenvalue weighted by Crippen LogP contribution is 2.08. The molecule has 1 aromatic rings. The minimum absolute atomic E-state index is 0.684. The van der Waals surface area contributed by atoms with Crippen molar-refractivity contribution in [2.45, 2.75) is 6.92 Å². The molecule has 0 amide bonds. The Balaban J connectivity index is 3.25. The molecule has 0 N–H and O–H groups in total. The van der Waals surface area contributed by atoms with Crippen LogP contribution in [-0.2, 0) is 0 Å². The lowest BCUT2D eigenvalue weighted by Crippen LogP contribution is -1.82. The molecule has 0 aliphatic heterocycles. The third-order valence-corrected chi connectivity index (χ3v) is 1.51. The Morgan fingerprint density at radius 2 is 2.18 bits per heavy atom. The summed E-state index contributed by atoms with van der Waals surface area (Å²) < 4.78 is 0. The molecular weight excluding hydrogens is 134 g/mol. The molecular formula is C10H7N. The van der Waals surface area contributed by atoms with Gasteiger partial charge in [0.2, 0.25) is 0 Å². The van der Waals surface area contributed by atoms with E-state index >= 15 is 0 Å². The van der Waals surface area contributed by atoms with Gasteiger partial charge in [-0.15, -0.1) is 6.42 Å². The summed E-state index contributed by atoms with van der Waals surface area (Å²) in [6.07, 6.45) is 5.18. The van der Waals surface area contributed by atoms with Crippen LogP contribution in [-0.4, -0.2) is 0 Å². The smallest absolute Gasteiger partial charge is 0.0994 e. The molecule has 0 aliphatic rings. The summed E-state index contributed by atoms with van der Waals surface area (Å²) in [4.78, 5) is 0. The summed E-state index contributed by atoms with van der Waals surface area (Å²) in [5.41, 5.74) is 2.44. The van der Waals surface area contributed by atoms with Crippen LogP contribution in [0.25, 0.3) is 0 Å². The van der Waals surface area contributed by atoms with E-state index in [1.165, 1.54) is 0 Å². The van der Waals surface area contributed by atoms with E-state index in [0.29, 0.717) is 5.56 Å². The van der Waals surface area contributed by atoms with E-state index in [4.69, 9.17) is 11.7 Å². The molecule has 0 unspecified atom stereocenters. The van der Waals surface area contributed by atoms with Crippen LogP contribution < -0.4 is 0 Å². The Kier molecular flexibility index (Phi) is 1.95. The van der Waals surface area contributed by atoms with Crippen LogP contribution in [0.1, 0.15) is 16.7 Å². The highest BCUT2D eigenvalue weighted by molar-refractivity contribution is 5.44. The number of rotatable bonds is 0. The summed E-state index contributed by atoms with van der Waals surface area (Å²) in [6.45, 7) is 1.87. The third-order valence-electron chi connectivity index (χ3n) is 1.51. The average molecular weight is 141 g/mol. The van der Waals surface area contributed by atoms with Gasteiger partial charge in [0.25, 0.3) is 0 Å². The largest absolute Gasteiger partial charge is 0.192 e. The van der Waals surface area contributed by atoms with Crippen LogP contribution in [0, 0.1) is 30.6 Å². The highest BCUT2D eigenvalue weighted by atomic mass is 14.2. The number of benzene rings is 1. The maximum absolute atomic E-state index is 8.58. The van der Waals surface area contributed by atoms with Crippen molar-refractivity contribution >= 4 is 0 Å². The van der Waals surface area contributed by atoms with Gasteiger partial charge in [0.1, 0.15) is 0 Å². The van der Waals surface area contributed by atoms with Gasteiger partial charge in [0.15, 0.2) is 0 Å². The quantitative estimate of drug-likeness (QED) is 0.506. The lowest BCUT2D eigenvalue weighted by Gasteiger charge is -1.95. The maximum Gasteiger partial charge on any atom is 0.0994 e. The second kappa shape index (κ2) is 2.90. The molecule has 0 saturated heterocycles. The molecule has 1 aromatic carbocycles. The van der Waals surface area contributed by atoms with E-state index in [1.807, 2.05) is 13.0 Å². The SMILES string of the molecule is C#Cc1ccc(C#N)c(C)c1. The zero-order chi connectivity index (χ0) is 8.27. The molecule has 1 rings (SSSR count). The van der Waals surface area contributed by atoms with Gasteiger partial charge < -0.3 is 0 Å². The fraction of sp³-hybridized carbons (Fsp3) is 0.100. The monoisotopic (exact) mass is 141 g/mol. The Labute approximate surface area is 66.3 Å². The Morgan fingerprint density at radius 1 is 1.45 bits per heavy atom. The lowest BCUT2D eigenvalue weighted by atomic mass is 10.1. The average Bonchev–Trinajstić information content (AvgIpc) is 2.04. The second-order valence-electron chi connectivity index (χ2n) is 2.29. The van der Waals surface area contributed by atoms with Crippen molar-refractivity contribution in [3.05, 3.63) is 34.9 Å². The zero-order valence-corrected chi connectivity index (χ0v) is 6.26. The van der Waals surface area contributed by atoms with Crippen molar-refractivity contribution in [1.82, 2.24) is 0 Å². The van der Waals surface area contributed by atoms with Crippen LogP contribution in [0.15, 0.2) is 18.2 Å². The van der Waals surface area contributed by atoms with Gasteiger partial charge in [-0.2, -0.15) is 5.26 Å². The number of hydrogen-bond donors (Lipinski definition) is 0. The van der Waals surface area contributed by atoms with Crippen LogP contribution in [0.5, 0.6) is 0 Å². The number of nitriles is 1. The molecule has 0 saturated carbocycles. The Morgan fingerprint density at radius 3 is 2.64 bits per heavy atom. The van der Waals surface area contributed by atoms with Crippen molar-refractivity contribution in [3.8, 4) is 18.4 Å². The van der Waals surface area contributed by atoms with Crippen LogP contribution in [0.4, 0.5) is 0 Å². The van der Waals surface area contributed by atoms with Crippen molar-refractivity contribution in [2.75, 3.05) is 0 Å². The summed E-state index contributed by atoms with van der Waals surface area (Å²) in [7, 11) is 0.